The number of hydrogen-bond donors (Lipinski definition) is 7. The van der Waals surface area contributed by atoms with Crippen LogP contribution in [0.4, 0.5) is 53.5 Å². The first kappa shape index (κ1) is 102. The van der Waals surface area contributed by atoms with E-state index in [9.17, 15) is 96.4 Å². The van der Waals surface area contributed by atoms with Gasteiger partial charge < -0.3 is 56.0 Å². The minimum absolute atomic E-state index is 0. The molecule has 4 saturated carbocycles. The lowest BCUT2D eigenvalue weighted by Gasteiger charge is -2.53. The van der Waals surface area contributed by atoms with Gasteiger partial charge in [-0.2, -0.15) is 43.9 Å². The molecule has 19 nitrogen and oxygen atoms in total. The van der Waals surface area contributed by atoms with Gasteiger partial charge >= 0.3 is 54.3 Å². The number of rotatable bonds is 31. The molecule has 18 atom stereocenters. The van der Waals surface area contributed by atoms with Crippen LogP contribution in [0.3, 0.4) is 0 Å². The van der Waals surface area contributed by atoms with E-state index < -0.39 is 143 Å². The second kappa shape index (κ2) is 42.8. The molecule has 8 N–H and O–H groups in total. The normalized spacial score (nSPS) is 25.1. The van der Waals surface area contributed by atoms with Crippen molar-refractivity contribution in [1.82, 2.24) is 16.0 Å². The number of nitrogens with two attached hydrogens (primary N) is 1. The van der Waals surface area contributed by atoms with Gasteiger partial charge in [-0.05, 0) is 278 Å². The molecule has 684 valence electrons. The van der Waals surface area contributed by atoms with E-state index in [2.05, 4.69) is 29.8 Å². The maximum atomic E-state index is 13.7. The summed E-state index contributed by atoms with van der Waals surface area (Å²) in [7, 11) is -3.09. The van der Waals surface area contributed by atoms with Crippen LogP contribution in [-0.4, -0.2) is 155 Å². The Morgan fingerprint density at radius 2 is 0.893 bits per heavy atom. The van der Waals surface area contributed by atoms with E-state index in [0.717, 1.165) is 78.3 Å². The van der Waals surface area contributed by atoms with Crippen molar-refractivity contribution in [2.75, 3.05) is 23.0 Å². The summed E-state index contributed by atoms with van der Waals surface area (Å²) >= 11 is 0. The quantitative estimate of drug-likeness (QED) is 0.0182. The molecule has 0 aliphatic heterocycles. The van der Waals surface area contributed by atoms with Gasteiger partial charge in [-0.3, -0.25) is 18.0 Å². The number of aliphatic carboxylic acids is 1. The van der Waals surface area contributed by atoms with Crippen LogP contribution >= 0.6 is 0 Å². The molecule has 122 heavy (non-hydrogen) atoms. The zero-order valence-electron chi connectivity index (χ0n) is 71.4. The Hall–Kier alpha value is -7.22. The number of alkyl halides is 10. The molecule has 0 heterocycles. The maximum Gasteiger partial charge on any atom is 0.453 e. The number of carbonyl (C=O) groups excluding carboxylic acids is 5. The van der Waals surface area contributed by atoms with Gasteiger partial charge in [-0.25, -0.2) is 19.2 Å². The molecule has 31 heteroatoms. The molecule has 0 saturated heterocycles. The minimum Gasteiger partial charge on any atom is -0.480 e. The third-order valence-electron chi connectivity index (χ3n) is 25.2. The molecule has 4 fully saturated rings. The molecule has 0 bridgehead atoms. The van der Waals surface area contributed by atoms with E-state index in [1.54, 1.807) is 66.7 Å². The number of carboxylic acids is 1. The molecule has 0 radical (unpaired) electrons. The van der Waals surface area contributed by atoms with Crippen molar-refractivity contribution in [3.8, 4) is 11.5 Å². The monoisotopic (exact) mass is 1770 g/mol. The smallest absolute Gasteiger partial charge is 0.453 e. The van der Waals surface area contributed by atoms with Gasteiger partial charge in [-0.15, -0.1) is 0 Å². The fourth-order valence-electron chi connectivity index (χ4n) is 19.2. The summed E-state index contributed by atoms with van der Waals surface area (Å²) in [5.41, 5.74) is 10.2. The number of nitrogens with one attached hydrogen (secondary N) is 3. The van der Waals surface area contributed by atoms with Gasteiger partial charge in [0.2, 0.25) is 5.91 Å². The lowest BCUT2D eigenvalue weighted by molar-refractivity contribution is -0.284. The second-order valence-electron chi connectivity index (χ2n) is 37.1. The standard InChI is InChI=1S/C45H61F5N2O7S.C32H44F5NO6S.C13H19NO2.CH4/c1-27(2)38(39(54)51-35(40(55)59-42(3,4)5)24-28-12-8-7-9-13-28)52-41(56)58-31-15-16-32-30(26-31)25-29(37-33(32)19-21-43(6)34(37)17-18-36(43)53)14-10-22-60(57)23-11-20-44(46,47)45(48,49)50;1-18(2)27(28(40)41)38-29(42)44-21-7-8-22-20(17-21)16-19(26-23(22)11-13-30(3)24(26)9-10-25(30)39)6-4-14-45(43)15-5-12-31(33,34)32(35,36)37;1-13(2,3)16-12(15)11(14)9-10-7-5-4-6-8-10;/h7-9,12-13,15-16,26-27,29,33-38,53H,10-11,14,17-25H2,1-6H3,(H,51,54)(H,52,56);7-8,17-19,23-27,39H,4-6,9-16H2,1-3H3,(H,38,42)(H,40,41);4-8,11H,9,14H2,1-3H3;1H4/t29-,33-,34+,35+,36+,37-,38+,43+,60?;19-,23-,24+,25+,26-,27+,30+,45?;11-;/m110./s1. The van der Waals surface area contributed by atoms with E-state index in [0.29, 0.717) is 51.4 Å². The van der Waals surface area contributed by atoms with Gasteiger partial charge in [0.15, 0.2) is 0 Å². The SMILES string of the molecule is C.CC(C)(C)OC(=O)[C@@H](N)Cc1ccccc1.CC(C)[C@H](NC(=O)Oc1ccc2c(c1)C[C@@H](CCCS(=O)CCCC(F)(F)C(F)(F)F)[C@@H]1[C@@H]2CC[C@]2(C)[C@@H](O)CC[C@@H]12)C(=O)N[C@@H](Cc1ccccc1)C(=O)OC(C)(C)C.CC(C)[C@H](NC(=O)Oc1ccc2c(c1)C[C@@H](CCCS(=O)CCCC(F)(F)C(F)(F)F)[C@@H]1[C@@H]2CC[C@]2(C)[C@@H](O)CC[C@@H]12)C(=O)O. The Balaban J connectivity index is 0.000000289. The van der Waals surface area contributed by atoms with E-state index in [1.807, 2.05) is 99.6 Å². The largest absolute Gasteiger partial charge is 0.480 e. The molecule has 6 aliphatic carbocycles. The molecule has 3 amide bonds. The van der Waals surface area contributed by atoms with E-state index in [-0.39, 0.29) is 130 Å². The number of carboxylic acid groups (broad SMARTS) is 1. The molecule has 4 aromatic rings. The van der Waals surface area contributed by atoms with Crippen molar-refractivity contribution in [3.63, 3.8) is 0 Å². The summed E-state index contributed by atoms with van der Waals surface area (Å²) in [6.07, 6.45) is -6.62. The van der Waals surface area contributed by atoms with Crippen LogP contribution < -0.4 is 31.2 Å². The molecular formula is C91H128F10N4O15S2. The van der Waals surface area contributed by atoms with Crippen molar-refractivity contribution in [2.24, 2.45) is 63.9 Å². The topological polar surface area (TPSA) is 296 Å². The summed E-state index contributed by atoms with van der Waals surface area (Å²) in [5, 5.41) is 39.2. The Labute approximate surface area is 716 Å². The van der Waals surface area contributed by atoms with Crippen LogP contribution in [0.15, 0.2) is 97.1 Å². The molecule has 6 aliphatic rings. The van der Waals surface area contributed by atoms with E-state index in [1.165, 1.54) is 0 Å². The van der Waals surface area contributed by atoms with Gasteiger partial charge in [0, 0.05) is 63.9 Å². The Morgan fingerprint density at radius 3 is 1.27 bits per heavy atom. The molecule has 10 rings (SSSR count). The first-order valence-corrected chi connectivity index (χ1v) is 45.3. The highest BCUT2D eigenvalue weighted by atomic mass is 32.2. The van der Waals surface area contributed by atoms with Crippen molar-refractivity contribution in [2.45, 2.75) is 303 Å². The first-order chi connectivity index (χ1) is 56.3. The highest BCUT2D eigenvalue weighted by molar-refractivity contribution is 7.85. The van der Waals surface area contributed by atoms with Crippen LogP contribution in [0.5, 0.6) is 11.5 Å². The highest BCUT2D eigenvalue weighted by Gasteiger charge is 2.60. The molecule has 4 aromatic carbocycles. The summed E-state index contributed by atoms with van der Waals surface area (Å²) in [5.74, 6) is -10.9. The Morgan fingerprint density at radius 1 is 0.516 bits per heavy atom. The Bertz CT molecular complexity index is 4190. The van der Waals surface area contributed by atoms with Crippen LogP contribution in [-0.2, 0) is 75.9 Å². The van der Waals surface area contributed by atoms with Gasteiger partial charge in [0.25, 0.3) is 0 Å². The number of benzene rings is 4. The summed E-state index contributed by atoms with van der Waals surface area (Å²) in [4.78, 5) is 76.0. The van der Waals surface area contributed by atoms with Gasteiger partial charge in [0.1, 0.15) is 46.9 Å². The zero-order chi connectivity index (χ0) is 89.7. The summed E-state index contributed by atoms with van der Waals surface area (Å²) in [6.45, 7) is 21.9. The van der Waals surface area contributed by atoms with E-state index >= 15 is 0 Å². The van der Waals surface area contributed by atoms with Crippen molar-refractivity contribution >= 4 is 57.6 Å². The number of aliphatic hydroxyl groups is 2. The molecule has 2 unspecified atom stereocenters. The average molecular weight is 1770 g/mol. The number of hydrogen-bond acceptors (Lipinski definition) is 15. The number of aliphatic hydroxyl groups excluding tert-OH is 2. The second-order valence-corrected chi connectivity index (χ2v) is 40.5. The average Bonchev–Trinajstić information content (AvgIpc) is 1.49. The highest BCUT2D eigenvalue weighted by Crippen LogP contribution is 2.65. The molecule has 0 aromatic heterocycles. The zero-order valence-corrected chi connectivity index (χ0v) is 73.0. The first-order valence-electron chi connectivity index (χ1n) is 42.3. The van der Waals surface area contributed by atoms with Gasteiger partial charge in [-0.1, -0.05) is 122 Å². The number of amides is 3. The summed E-state index contributed by atoms with van der Waals surface area (Å²) < 4.78 is 176. The van der Waals surface area contributed by atoms with Crippen LogP contribution in [0, 0.1) is 58.2 Å². The molecular weight excluding hydrogens is 1640 g/mol. The Kier molecular flexibility index (Phi) is 35.8. The van der Waals surface area contributed by atoms with Gasteiger partial charge in [0.05, 0.1) is 12.2 Å². The lowest BCUT2D eigenvalue weighted by Crippen LogP contribution is -2.55. The maximum absolute atomic E-state index is 13.7. The van der Waals surface area contributed by atoms with E-state index in [4.69, 9.17) is 24.7 Å². The van der Waals surface area contributed by atoms with Crippen molar-refractivity contribution in [3.05, 3.63) is 130 Å². The predicted molar refractivity (Wildman–Crippen MR) is 448 cm³/mol. The number of esters is 2. The minimum atomic E-state index is -5.64. The van der Waals surface area contributed by atoms with Crippen molar-refractivity contribution in [1.29, 1.82) is 0 Å². The fourth-order valence-corrected chi connectivity index (χ4v) is 21.5. The number of ether oxygens (including phenoxy) is 4. The third kappa shape index (κ3) is 27.4. The number of fused-ring (bicyclic) bond motifs is 10. The third-order valence-corrected chi connectivity index (χ3v) is 28.2. The number of carbonyl (C=O) groups is 6. The van der Waals surface area contributed by atoms with Crippen molar-refractivity contribution < 1.29 is 115 Å². The number of halogens is 10. The lowest BCUT2D eigenvalue weighted by atomic mass is 9.52. The fraction of sp³-hybridized carbons (Fsp3) is 0.670. The molecule has 0 spiro atoms. The van der Waals surface area contributed by atoms with Crippen LogP contribution in [0.25, 0.3) is 0 Å². The van der Waals surface area contributed by atoms with Crippen LogP contribution in [0.2, 0.25) is 0 Å². The summed E-state index contributed by atoms with van der Waals surface area (Å²) in [6, 6.07) is 26.1. The predicted octanol–water partition coefficient (Wildman–Crippen LogP) is 18.2. The van der Waals surface area contributed by atoms with Crippen LogP contribution in [0.1, 0.15) is 238 Å².